The lowest BCUT2D eigenvalue weighted by molar-refractivity contribution is -0.141. The average molecular weight is 448 g/mol. The topological polar surface area (TPSA) is 63.2 Å². The Labute approximate surface area is 197 Å². The number of pyridine rings is 1. The first-order valence-corrected chi connectivity index (χ1v) is 12.9. The van der Waals surface area contributed by atoms with Crippen LogP contribution < -0.4 is 5.32 Å². The van der Waals surface area contributed by atoms with Crippen LogP contribution in [0.3, 0.4) is 0 Å². The Morgan fingerprint density at radius 3 is 2.58 bits per heavy atom. The first kappa shape index (κ1) is 21.5. The zero-order valence-electron chi connectivity index (χ0n) is 19.9. The molecule has 4 heterocycles. The summed E-state index contributed by atoms with van der Waals surface area (Å²) in [5, 5.41) is 12.4. The van der Waals surface area contributed by atoms with E-state index < -0.39 is 0 Å². The second-order valence-electron chi connectivity index (χ2n) is 11.5. The molecule has 6 rings (SSSR count). The number of hydrogen-bond acceptors (Lipinski definition) is 6. The Bertz CT molecular complexity index is 968. The fraction of sp³-hybridized carbons (Fsp3) is 0.667. The summed E-state index contributed by atoms with van der Waals surface area (Å²) in [5.41, 5.74) is 4.53. The van der Waals surface area contributed by atoms with Gasteiger partial charge in [0.15, 0.2) is 0 Å². The normalized spacial score (nSPS) is 29.5. The monoisotopic (exact) mass is 447 g/mol. The Kier molecular flexibility index (Phi) is 5.61. The van der Waals surface area contributed by atoms with Crippen LogP contribution in [0.4, 0.5) is 5.82 Å². The number of piperidine rings is 1. The molecule has 0 radical (unpaired) electrons. The third kappa shape index (κ3) is 4.65. The van der Waals surface area contributed by atoms with Crippen molar-refractivity contribution >= 4 is 5.82 Å². The summed E-state index contributed by atoms with van der Waals surface area (Å²) in [4.78, 5) is 7.38. The van der Waals surface area contributed by atoms with Gasteiger partial charge in [-0.3, -0.25) is 4.98 Å². The number of anilines is 1. The van der Waals surface area contributed by atoms with Gasteiger partial charge in [-0.15, -0.1) is 5.10 Å². The molecule has 33 heavy (non-hydrogen) atoms. The van der Waals surface area contributed by atoms with E-state index in [0.29, 0.717) is 22.8 Å². The quantitative estimate of drug-likeness (QED) is 0.680. The van der Waals surface area contributed by atoms with Crippen molar-refractivity contribution in [3.05, 3.63) is 36.3 Å². The Balaban J connectivity index is 1.04. The Morgan fingerprint density at radius 1 is 1.09 bits per heavy atom. The molecule has 2 aromatic heterocycles. The van der Waals surface area contributed by atoms with Gasteiger partial charge in [0.05, 0.1) is 25.1 Å². The molecule has 6 nitrogen and oxygen atoms in total. The van der Waals surface area contributed by atoms with E-state index in [1.54, 1.807) is 0 Å². The lowest BCUT2D eigenvalue weighted by atomic mass is 9.72. The lowest BCUT2D eigenvalue weighted by Crippen LogP contribution is -2.52. The van der Waals surface area contributed by atoms with E-state index in [-0.39, 0.29) is 0 Å². The van der Waals surface area contributed by atoms with Crippen molar-refractivity contribution in [1.29, 1.82) is 0 Å². The average Bonchev–Trinajstić information content (AvgIpc) is 3.66. The van der Waals surface area contributed by atoms with Gasteiger partial charge in [-0.2, -0.15) is 5.10 Å². The van der Waals surface area contributed by atoms with Gasteiger partial charge in [0, 0.05) is 41.2 Å². The summed E-state index contributed by atoms with van der Waals surface area (Å²) in [6, 6.07) is 6.85. The molecule has 0 unspecified atom stereocenters. The van der Waals surface area contributed by atoms with Crippen molar-refractivity contribution in [3.63, 3.8) is 0 Å². The molecule has 2 aromatic rings. The van der Waals surface area contributed by atoms with E-state index in [1.807, 2.05) is 18.5 Å². The largest absolute Gasteiger partial charge is 0.380 e. The smallest absolute Gasteiger partial charge is 0.149 e. The summed E-state index contributed by atoms with van der Waals surface area (Å²) >= 11 is 0. The SMILES string of the molecule is CC1(CN2CCC3(CC2)COC3)CCC(Nc2cc(-c3cccnc3C3CC3)cnn2)CC1. The molecule has 176 valence electrons. The first-order valence-electron chi connectivity index (χ1n) is 12.9. The number of likely N-dealkylation sites (tertiary alicyclic amines) is 1. The third-order valence-corrected chi connectivity index (χ3v) is 8.65. The van der Waals surface area contributed by atoms with Crippen molar-refractivity contribution in [2.24, 2.45) is 10.8 Å². The van der Waals surface area contributed by atoms with Crippen molar-refractivity contribution in [2.45, 2.75) is 70.3 Å². The van der Waals surface area contributed by atoms with Crippen LogP contribution in [-0.4, -0.2) is 59.0 Å². The summed E-state index contributed by atoms with van der Waals surface area (Å²) < 4.78 is 5.49. The maximum absolute atomic E-state index is 5.49. The van der Waals surface area contributed by atoms with Gasteiger partial charge >= 0.3 is 0 Å². The molecule has 2 saturated heterocycles. The number of rotatable bonds is 6. The van der Waals surface area contributed by atoms with Gasteiger partial charge in [0.1, 0.15) is 5.82 Å². The summed E-state index contributed by atoms with van der Waals surface area (Å²) in [6.07, 6.45) is 13.9. The lowest BCUT2D eigenvalue weighted by Gasteiger charge is -2.49. The molecule has 0 bridgehead atoms. The minimum absolute atomic E-state index is 0.432. The van der Waals surface area contributed by atoms with Crippen molar-refractivity contribution in [1.82, 2.24) is 20.1 Å². The van der Waals surface area contributed by atoms with E-state index in [2.05, 4.69) is 44.5 Å². The zero-order valence-corrected chi connectivity index (χ0v) is 19.9. The van der Waals surface area contributed by atoms with Crippen molar-refractivity contribution in [3.8, 4) is 11.1 Å². The highest BCUT2D eigenvalue weighted by Crippen LogP contribution is 2.44. The van der Waals surface area contributed by atoms with E-state index in [0.717, 1.165) is 24.6 Å². The van der Waals surface area contributed by atoms with Crippen LogP contribution in [0.15, 0.2) is 30.6 Å². The number of nitrogens with zero attached hydrogens (tertiary/aromatic N) is 4. The highest BCUT2D eigenvalue weighted by molar-refractivity contribution is 5.68. The molecule has 1 N–H and O–H groups in total. The maximum Gasteiger partial charge on any atom is 0.149 e. The second kappa shape index (κ2) is 8.62. The predicted octanol–water partition coefficient (Wildman–Crippen LogP) is 4.89. The standard InChI is InChI=1S/C27H37N5O/c1-26(17-32-13-10-27(11-14-32)18-33-19-27)8-6-22(7-9-26)30-24-15-21(16-29-31-24)23-3-2-12-28-25(23)20-4-5-20/h2-3,12,15-16,20,22H,4-11,13-14,17-19H2,1H3,(H,30,31). The fourth-order valence-corrected chi connectivity index (χ4v) is 6.16. The molecule has 0 atom stereocenters. The van der Waals surface area contributed by atoms with Crippen LogP contribution in [0.5, 0.6) is 0 Å². The van der Waals surface area contributed by atoms with Gasteiger partial charge in [-0.25, -0.2) is 0 Å². The van der Waals surface area contributed by atoms with E-state index in [4.69, 9.17) is 4.74 Å². The Morgan fingerprint density at radius 2 is 1.88 bits per heavy atom. The summed E-state index contributed by atoms with van der Waals surface area (Å²) in [7, 11) is 0. The van der Waals surface area contributed by atoms with Crippen LogP contribution >= 0.6 is 0 Å². The second-order valence-corrected chi connectivity index (χ2v) is 11.5. The molecular formula is C27H37N5O. The van der Waals surface area contributed by atoms with Crippen LogP contribution in [0.2, 0.25) is 0 Å². The molecule has 6 heteroatoms. The molecule has 2 saturated carbocycles. The third-order valence-electron chi connectivity index (χ3n) is 8.65. The molecule has 0 amide bonds. The van der Waals surface area contributed by atoms with Gasteiger partial charge in [-0.05, 0) is 82.0 Å². The van der Waals surface area contributed by atoms with Gasteiger partial charge in [-0.1, -0.05) is 13.0 Å². The molecule has 4 fully saturated rings. The zero-order chi connectivity index (χ0) is 22.3. The summed E-state index contributed by atoms with van der Waals surface area (Å²) in [6.45, 7) is 8.25. The van der Waals surface area contributed by atoms with Gasteiger partial charge in [0.25, 0.3) is 0 Å². The maximum atomic E-state index is 5.49. The van der Waals surface area contributed by atoms with Crippen LogP contribution in [0.25, 0.3) is 11.1 Å². The molecular weight excluding hydrogens is 410 g/mol. The van der Waals surface area contributed by atoms with Crippen LogP contribution in [0, 0.1) is 10.8 Å². The van der Waals surface area contributed by atoms with Gasteiger partial charge < -0.3 is 15.0 Å². The predicted molar refractivity (Wildman–Crippen MR) is 130 cm³/mol. The van der Waals surface area contributed by atoms with Crippen molar-refractivity contribution in [2.75, 3.05) is 38.2 Å². The first-order chi connectivity index (χ1) is 16.1. The fourth-order valence-electron chi connectivity index (χ4n) is 6.16. The molecule has 4 aliphatic rings. The highest BCUT2D eigenvalue weighted by Gasteiger charge is 2.42. The van der Waals surface area contributed by atoms with E-state index >= 15 is 0 Å². The molecule has 2 aliphatic carbocycles. The minimum atomic E-state index is 0.432. The summed E-state index contributed by atoms with van der Waals surface area (Å²) in [5.74, 6) is 1.52. The number of nitrogens with one attached hydrogen (secondary N) is 1. The number of aromatic nitrogens is 3. The van der Waals surface area contributed by atoms with Crippen LogP contribution in [-0.2, 0) is 4.74 Å². The number of ether oxygens (including phenoxy) is 1. The minimum Gasteiger partial charge on any atom is -0.380 e. The molecule has 0 aromatic carbocycles. The Hall–Kier alpha value is -2.05. The molecule has 1 spiro atoms. The van der Waals surface area contributed by atoms with Crippen molar-refractivity contribution < 1.29 is 4.74 Å². The van der Waals surface area contributed by atoms with Gasteiger partial charge in [0.2, 0.25) is 0 Å². The van der Waals surface area contributed by atoms with Crippen LogP contribution in [0.1, 0.15) is 69.9 Å². The number of hydrogen-bond donors (Lipinski definition) is 1. The highest BCUT2D eigenvalue weighted by atomic mass is 16.5. The van der Waals surface area contributed by atoms with E-state index in [9.17, 15) is 0 Å². The van der Waals surface area contributed by atoms with E-state index in [1.165, 1.54) is 82.3 Å². The molecule has 2 aliphatic heterocycles.